The average molecular weight is 488 g/mol. The Morgan fingerprint density at radius 3 is 2.51 bits per heavy atom. The number of aryl methyl sites for hydroxylation is 2. The molecule has 3 rings (SSSR count). The van der Waals surface area contributed by atoms with Gasteiger partial charge in [0.2, 0.25) is 0 Å². The van der Waals surface area contributed by atoms with Crippen molar-refractivity contribution >= 4 is 17.6 Å². The number of rotatable bonds is 6. The number of piperidine rings is 1. The molecule has 1 aliphatic rings. The smallest absolute Gasteiger partial charge is 0.313 e. The van der Waals surface area contributed by atoms with Crippen molar-refractivity contribution in [3.63, 3.8) is 0 Å². The number of pyridine rings is 1. The summed E-state index contributed by atoms with van der Waals surface area (Å²) in [5, 5.41) is 11.2. The van der Waals surface area contributed by atoms with E-state index in [-0.39, 0.29) is 29.2 Å². The van der Waals surface area contributed by atoms with Crippen LogP contribution in [0.3, 0.4) is 0 Å². The van der Waals surface area contributed by atoms with Gasteiger partial charge in [-0.1, -0.05) is 6.92 Å². The minimum atomic E-state index is -0.713. The van der Waals surface area contributed by atoms with Gasteiger partial charge in [0.15, 0.2) is 17.5 Å². The first-order chi connectivity index (χ1) is 16.1. The van der Waals surface area contributed by atoms with Crippen molar-refractivity contribution in [1.29, 1.82) is 0 Å². The van der Waals surface area contributed by atoms with Gasteiger partial charge in [-0.2, -0.15) is 5.10 Å². The number of esters is 1. The van der Waals surface area contributed by atoms with Crippen LogP contribution in [0.15, 0.2) is 12.1 Å². The molecule has 8 heteroatoms. The van der Waals surface area contributed by atoms with Crippen LogP contribution in [0.1, 0.15) is 85.2 Å². The zero-order valence-electron chi connectivity index (χ0n) is 22.8. The van der Waals surface area contributed by atoms with Gasteiger partial charge in [-0.15, -0.1) is 0 Å². The Kier molecular flexibility index (Phi) is 7.65. The van der Waals surface area contributed by atoms with E-state index >= 15 is 4.39 Å². The lowest BCUT2D eigenvalue weighted by Gasteiger charge is -2.40. The maximum atomic E-state index is 15.3. The molecular weight excluding hydrogens is 445 g/mol. The number of carbonyl (C=O) groups is 1. The Labute approximate surface area is 209 Å². The highest BCUT2D eigenvalue weighted by Crippen LogP contribution is 2.38. The highest BCUT2D eigenvalue weighted by Gasteiger charge is 2.45. The van der Waals surface area contributed by atoms with E-state index in [1.807, 2.05) is 45.4 Å². The van der Waals surface area contributed by atoms with Crippen LogP contribution in [0.25, 0.3) is 0 Å². The molecule has 1 saturated heterocycles. The van der Waals surface area contributed by atoms with Crippen molar-refractivity contribution < 1.29 is 13.9 Å². The van der Waals surface area contributed by atoms with Crippen LogP contribution in [0.4, 0.5) is 16.0 Å². The summed E-state index contributed by atoms with van der Waals surface area (Å²) < 4.78 is 23.1. The van der Waals surface area contributed by atoms with Gasteiger partial charge in [0.05, 0.1) is 11.0 Å². The number of ether oxygens (including phenoxy) is 1. The van der Waals surface area contributed by atoms with Gasteiger partial charge in [-0.05, 0) is 92.8 Å². The number of nitrogens with one attached hydrogen (secondary N) is 2. The summed E-state index contributed by atoms with van der Waals surface area (Å²) in [6, 6.07) is 3.85. The van der Waals surface area contributed by atoms with Crippen LogP contribution in [0, 0.1) is 18.2 Å². The third-order valence-corrected chi connectivity index (χ3v) is 6.38. The molecule has 2 aromatic rings. The van der Waals surface area contributed by atoms with Crippen molar-refractivity contribution in [2.45, 2.75) is 105 Å². The monoisotopic (exact) mass is 487 g/mol. The molecule has 2 N–H and O–H groups in total. The zero-order valence-corrected chi connectivity index (χ0v) is 22.8. The maximum Gasteiger partial charge on any atom is 0.313 e. The molecule has 2 atom stereocenters. The first-order valence-electron chi connectivity index (χ1n) is 12.6. The van der Waals surface area contributed by atoms with Crippen molar-refractivity contribution in [2.75, 3.05) is 11.9 Å². The third-order valence-electron chi connectivity index (χ3n) is 6.38. The van der Waals surface area contributed by atoms with Gasteiger partial charge in [-0.25, -0.2) is 9.37 Å². The Bertz CT molecular complexity index is 1070. The molecule has 0 aromatic carbocycles. The number of anilines is 2. The molecule has 0 bridgehead atoms. The molecule has 3 heterocycles. The minimum absolute atomic E-state index is 0.138. The van der Waals surface area contributed by atoms with E-state index in [9.17, 15) is 4.79 Å². The SMILES string of the molecule is CCc1cc(CC2(C(=O)OC(C)(C)C)CCNC(C)C2)nc(Nc2cc(C)n(C(C)(C)C)n2)c1F. The molecule has 1 fully saturated rings. The largest absolute Gasteiger partial charge is 0.460 e. The van der Waals surface area contributed by atoms with Gasteiger partial charge in [0.1, 0.15) is 5.60 Å². The fraction of sp³-hybridized carbons (Fsp3) is 0.667. The zero-order chi connectivity index (χ0) is 26.2. The quantitative estimate of drug-likeness (QED) is 0.529. The summed E-state index contributed by atoms with van der Waals surface area (Å²) in [4.78, 5) is 18.1. The topological polar surface area (TPSA) is 81.1 Å². The van der Waals surface area contributed by atoms with Crippen LogP contribution < -0.4 is 10.6 Å². The molecule has 0 spiro atoms. The standard InChI is InChI=1S/C27H42FN5O2/c1-10-19-14-20(16-27(11-12-29-17(2)15-27)24(34)35-26(7,8)9)30-23(22(19)28)31-21-13-18(3)33(32-21)25(4,5)6/h13-14,17,29H,10-12,15-16H2,1-9H3,(H,30,31,32). The van der Waals surface area contributed by atoms with Gasteiger partial charge in [0, 0.05) is 29.9 Å². The van der Waals surface area contributed by atoms with E-state index in [1.54, 1.807) is 6.07 Å². The highest BCUT2D eigenvalue weighted by molar-refractivity contribution is 5.78. The number of hydrogen-bond donors (Lipinski definition) is 2. The van der Waals surface area contributed by atoms with Crippen LogP contribution in [0.5, 0.6) is 0 Å². The number of nitrogens with zero attached hydrogens (tertiary/aromatic N) is 3. The minimum Gasteiger partial charge on any atom is -0.460 e. The van der Waals surface area contributed by atoms with Crippen molar-refractivity contribution in [1.82, 2.24) is 20.1 Å². The Morgan fingerprint density at radius 1 is 1.29 bits per heavy atom. The molecular formula is C27H42FN5O2. The number of carbonyl (C=O) groups excluding carboxylic acids is 1. The molecule has 2 aromatic heterocycles. The van der Waals surface area contributed by atoms with E-state index in [1.165, 1.54) is 0 Å². The van der Waals surface area contributed by atoms with Crippen LogP contribution in [-0.2, 0) is 27.9 Å². The van der Waals surface area contributed by atoms with Crippen LogP contribution in [-0.4, -0.2) is 38.9 Å². The van der Waals surface area contributed by atoms with Crippen molar-refractivity contribution in [3.8, 4) is 0 Å². The second kappa shape index (κ2) is 9.88. The highest BCUT2D eigenvalue weighted by atomic mass is 19.1. The predicted octanol–water partition coefficient (Wildman–Crippen LogP) is 5.43. The Hall–Kier alpha value is -2.48. The van der Waals surface area contributed by atoms with Crippen molar-refractivity contribution in [2.24, 2.45) is 5.41 Å². The van der Waals surface area contributed by atoms with Gasteiger partial charge in [0.25, 0.3) is 0 Å². The van der Waals surface area contributed by atoms with Crippen molar-refractivity contribution in [3.05, 3.63) is 34.9 Å². The average Bonchev–Trinajstić information content (AvgIpc) is 3.09. The Morgan fingerprint density at radius 2 is 1.97 bits per heavy atom. The molecule has 7 nitrogen and oxygen atoms in total. The van der Waals surface area contributed by atoms with E-state index in [4.69, 9.17) is 4.74 Å². The van der Waals surface area contributed by atoms with E-state index in [0.29, 0.717) is 42.8 Å². The fourth-order valence-corrected chi connectivity index (χ4v) is 4.88. The summed E-state index contributed by atoms with van der Waals surface area (Å²) in [5.41, 5.74) is 0.718. The van der Waals surface area contributed by atoms with Gasteiger partial charge >= 0.3 is 5.97 Å². The second-order valence-electron chi connectivity index (χ2n) is 11.9. The molecule has 0 aliphatic carbocycles. The molecule has 2 unspecified atom stereocenters. The lowest BCUT2D eigenvalue weighted by atomic mass is 9.72. The normalized spacial score (nSPS) is 21.1. The summed E-state index contributed by atoms with van der Waals surface area (Å²) in [7, 11) is 0. The molecule has 0 radical (unpaired) electrons. The predicted molar refractivity (Wildman–Crippen MR) is 137 cm³/mol. The van der Waals surface area contributed by atoms with E-state index in [0.717, 1.165) is 12.2 Å². The first-order valence-corrected chi connectivity index (χ1v) is 12.6. The van der Waals surface area contributed by atoms with Gasteiger partial charge < -0.3 is 15.4 Å². The fourth-order valence-electron chi connectivity index (χ4n) is 4.88. The molecule has 0 saturated carbocycles. The molecule has 1 aliphatic heterocycles. The number of hydrogen-bond acceptors (Lipinski definition) is 6. The summed E-state index contributed by atoms with van der Waals surface area (Å²) in [6.45, 7) is 18.6. The van der Waals surface area contributed by atoms with Crippen LogP contribution >= 0.6 is 0 Å². The van der Waals surface area contributed by atoms with E-state index in [2.05, 4.69) is 48.4 Å². The van der Waals surface area contributed by atoms with E-state index < -0.39 is 11.0 Å². The Balaban J connectivity index is 1.98. The number of aromatic nitrogens is 3. The van der Waals surface area contributed by atoms with Crippen LogP contribution in [0.2, 0.25) is 0 Å². The summed E-state index contributed by atoms with van der Waals surface area (Å²) in [5.74, 6) is 0.0837. The first kappa shape index (κ1) is 27.1. The third kappa shape index (κ3) is 6.40. The summed E-state index contributed by atoms with van der Waals surface area (Å²) >= 11 is 0. The molecule has 0 amide bonds. The number of halogens is 1. The maximum absolute atomic E-state index is 15.3. The molecule has 35 heavy (non-hydrogen) atoms. The lowest BCUT2D eigenvalue weighted by Crippen LogP contribution is -2.50. The second-order valence-corrected chi connectivity index (χ2v) is 11.9. The summed E-state index contributed by atoms with van der Waals surface area (Å²) in [6.07, 6.45) is 2.19. The molecule has 194 valence electrons. The lowest BCUT2D eigenvalue weighted by molar-refractivity contribution is -0.170. The van der Waals surface area contributed by atoms with Gasteiger partial charge in [-0.3, -0.25) is 9.48 Å².